The Kier molecular flexibility index (Phi) is 4.74. The van der Waals surface area contributed by atoms with Gasteiger partial charge in [0.2, 0.25) is 0 Å². The van der Waals surface area contributed by atoms with Crippen LogP contribution >= 0.6 is 23.8 Å². The molecule has 0 aliphatic carbocycles. The molecule has 1 amide bonds. The Labute approximate surface area is 123 Å². The van der Waals surface area contributed by atoms with Crippen LogP contribution in [0.5, 0.6) is 0 Å². The molecule has 1 aromatic rings. The number of thiocarbonyl (C=S) groups is 1. The van der Waals surface area contributed by atoms with E-state index >= 15 is 0 Å². The number of piperazine rings is 1. The van der Waals surface area contributed by atoms with Crippen molar-refractivity contribution in [3.05, 3.63) is 34.9 Å². The van der Waals surface area contributed by atoms with Crippen molar-refractivity contribution < 1.29 is 4.79 Å². The quantitative estimate of drug-likeness (QED) is 0.857. The summed E-state index contributed by atoms with van der Waals surface area (Å²) in [4.78, 5) is 16.8. The molecular formula is C13H16ClN3OS. The predicted octanol–water partition coefficient (Wildman–Crippen LogP) is 1.38. The fraction of sp³-hybridized carbons (Fsp3) is 0.385. The van der Waals surface area contributed by atoms with Crippen molar-refractivity contribution in [1.29, 1.82) is 0 Å². The average Bonchev–Trinajstić information content (AvgIpc) is 2.39. The monoisotopic (exact) mass is 297 g/mol. The predicted molar refractivity (Wildman–Crippen MR) is 80.6 cm³/mol. The van der Waals surface area contributed by atoms with Crippen molar-refractivity contribution in [1.82, 2.24) is 9.80 Å². The summed E-state index contributed by atoms with van der Waals surface area (Å²) in [5, 5.41) is 0.498. The van der Waals surface area contributed by atoms with Crippen LogP contribution in [0.25, 0.3) is 0 Å². The van der Waals surface area contributed by atoms with Crippen molar-refractivity contribution in [3.8, 4) is 0 Å². The number of nitrogens with zero attached hydrogens (tertiary/aromatic N) is 2. The van der Waals surface area contributed by atoms with Gasteiger partial charge in [0.05, 0.1) is 15.6 Å². The van der Waals surface area contributed by atoms with Crippen LogP contribution in [-0.2, 0) is 0 Å². The first kappa shape index (κ1) is 14.2. The molecule has 4 nitrogen and oxygen atoms in total. The van der Waals surface area contributed by atoms with Gasteiger partial charge < -0.3 is 10.6 Å². The van der Waals surface area contributed by atoms with E-state index in [0.717, 1.165) is 13.1 Å². The van der Waals surface area contributed by atoms with Gasteiger partial charge in [0.15, 0.2) is 0 Å². The standard InChI is InChI=1S/C13H16ClN3OS/c14-11-4-2-1-3-10(11)13(18)17-7-5-16(6-8-17)9-12(15)19/h1-4H,5-9H2,(H2,15,19). The molecule has 0 saturated carbocycles. The molecule has 0 radical (unpaired) electrons. The van der Waals surface area contributed by atoms with Gasteiger partial charge in [-0.25, -0.2) is 0 Å². The zero-order valence-electron chi connectivity index (χ0n) is 10.5. The number of nitrogens with two attached hydrogens (primary N) is 1. The fourth-order valence-corrected chi connectivity index (χ4v) is 2.53. The van der Waals surface area contributed by atoms with Gasteiger partial charge in [0.1, 0.15) is 0 Å². The summed E-state index contributed by atoms with van der Waals surface area (Å²) < 4.78 is 0. The molecule has 2 N–H and O–H groups in total. The molecule has 6 heteroatoms. The first-order valence-electron chi connectivity index (χ1n) is 6.12. The van der Waals surface area contributed by atoms with Crippen LogP contribution in [0.1, 0.15) is 10.4 Å². The largest absolute Gasteiger partial charge is 0.392 e. The fourth-order valence-electron chi connectivity index (χ4n) is 2.13. The summed E-state index contributed by atoms with van der Waals surface area (Å²) in [6, 6.07) is 7.13. The topological polar surface area (TPSA) is 49.6 Å². The van der Waals surface area contributed by atoms with Gasteiger partial charge in [0, 0.05) is 32.7 Å². The van der Waals surface area contributed by atoms with E-state index in [4.69, 9.17) is 29.6 Å². The average molecular weight is 298 g/mol. The maximum Gasteiger partial charge on any atom is 0.255 e. The van der Waals surface area contributed by atoms with Crippen LogP contribution in [0.2, 0.25) is 5.02 Å². The molecule has 0 unspecified atom stereocenters. The minimum Gasteiger partial charge on any atom is -0.392 e. The first-order valence-corrected chi connectivity index (χ1v) is 6.91. The van der Waals surface area contributed by atoms with Crippen molar-refractivity contribution in [3.63, 3.8) is 0 Å². The highest BCUT2D eigenvalue weighted by atomic mass is 35.5. The highest BCUT2D eigenvalue weighted by Gasteiger charge is 2.23. The molecule has 102 valence electrons. The Bertz CT molecular complexity index is 487. The van der Waals surface area contributed by atoms with Crippen molar-refractivity contribution in [2.45, 2.75) is 0 Å². The SMILES string of the molecule is NC(=S)CN1CCN(C(=O)c2ccccc2Cl)CC1. The van der Waals surface area contributed by atoms with Crippen LogP contribution < -0.4 is 5.73 Å². The molecule has 1 saturated heterocycles. The van der Waals surface area contributed by atoms with Crippen LogP contribution in [-0.4, -0.2) is 53.4 Å². The maximum atomic E-state index is 12.3. The highest BCUT2D eigenvalue weighted by molar-refractivity contribution is 7.80. The van der Waals surface area contributed by atoms with Crippen LogP contribution in [0, 0.1) is 0 Å². The van der Waals surface area contributed by atoms with E-state index in [2.05, 4.69) is 4.90 Å². The number of carbonyl (C=O) groups is 1. The van der Waals surface area contributed by atoms with Gasteiger partial charge in [-0.2, -0.15) is 0 Å². The van der Waals surface area contributed by atoms with Crippen molar-refractivity contribution in [2.24, 2.45) is 5.73 Å². The lowest BCUT2D eigenvalue weighted by Crippen LogP contribution is -2.50. The van der Waals surface area contributed by atoms with E-state index in [1.54, 1.807) is 12.1 Å². The maximum absolute atomic E-state index is 12.3. The summed E-state index contributed by atoms with van der Waals surface area (Å²) in [5.41, 5.74) is 6.08. The number of benzene rings is 1. The minimum atomic E-state index is -0.0134. The van der Waals surface area contributed by atoms with Crippen LogP contribution in [0.15, 0.2) is 24.3 Å². The molecule has 2 rings (SSSR count). The molecule has 1 aliphatic heterocycles. The van der Waals surface area contributed by atoms with Gasteiger partial charge in [-0.1, -0.05) is 36.0 Å². The Morgan fingerprint density at radius 2 is 1.89 bits per heavy atom. The zero-order chi connectivity index (χ0) is 13.8. The van der Waals surface area contributed by atoms with E-state index < -0.39 is 0 Å². The minimum absolute atomic E-state index is 0.0134. The number of hydrogen-bond donors (Lipinski definition) is 1. The molecule has 0 bridgehead atoms. The molecular weight excluding hydrogens is 282 g/mol. The highest BCUT2D eigenvalue weighted by Crippen LogP contribution is 2.17. The van der Waals surface area contributed by atoms with Crippen LogP contribution in [0.4, 0.5) is 0 Å². The van der Waals surface area contributed by atoms with Crippen molar-refractivity contribution >= 4 is 34.7 Å². The van der Waals surface area contributed by atoms with E-state index in [-0.39, 0.29) is 5.91 Å². The molecule has 1 heterocycles. The second-order valence-corrected chi connectivity index (χ2v) is 5.45. The van der Waals surface area contributed by atoms with E-state index in [0.29, 0.717) is 35.2 Å². The van der Waals surface area contributed by atoms with Crippen molar-refractivity contribution in [2.75, 3.05) is 32.7 Å². The number of hydrogen-bond acceptors (Lipinski definition) is 3. The lowest BCUT2D eigenvalue weighted by atomic mass is 10.2. The Morgan fingerprint density at radius 3 is 2.47 bits per heavy atom. The molecule has 19 heavy (non-hydrogen) atoms. The summed E-state index contributed by atoms with van der Waals surface area (Å²) in [7, 11) is 0. The summed E-state index contributed by atoms with van der Waals surface area (Å²) in [6.07, 6.45) is 0. The number of amides is 1. The Balaban J connectivity index is 1.96. The zero-order valence-corrected chi connectivity index (χ0v) is 12.1. The first-order chi connectivity index (χ1) is 9.08. The van der Waals surface area contributed by atoms with E-state index in [1.807, 2.05) is 17.0 Å². The summed E-state index contributed by atoms with van der Waals surface area (Å²) in [5.74, 6) is -0.0134. The lowest BCUT2D eigenvalue weighted by Gasteiger charge is -2.34. The normalized spacial score (nSPS) is 16.4. The van der Waals surface area contributed by atoms with Gasteiger partial charge in [-0.15, -0.1) is 0 Å². The third-order valence-electron chi connectivity index (χ3n) is 3.14. The smallest absolute Gasteiger partial charge is 0.255 e. The molecule has 1 aliphatic rings. The molecule has 0 spiro atoms. The summed E-state index contributed by atoms with van der Waals surface area (Å²) in [6.45, 7) is 3.53. The second-order valence-electron chi connectivity index (χ2n) is 4.51. The molecule has 0 atom stereocenters. The lowest BCUT2D eigenvalue weighted by molar-refractivity contribution is 0.0654. The van der Waals surface area contributed by atoms with E-state index in [1.165, 1.54) is 0 Å². The van der Waals surface area contributed by atoms with Gasteiger partial charge in [-0.3, -0.25) is 9.69 Å². The van der Waals surface area contributed by atoms with Gasteiger partial charge in [0.25, 0.3) is 5.91 Å². The number of carbonyl (C=O) groups excluding carboxylic acids is 1. The number of halogens is 1. The van der Waals surface area contributed by atoms with Gasteiger partial charge in [-0.05, 0) is 12.1 Å². The van der Waals surface area contributed by atoms with Gasteiger partial charge >= 0.3 is 0 Å². The Morgan fingerprint density at radius 1 is 1.26 bits per heavy atom. The molecule has 0 aromatic heterocycles. The number of rotatable bonds is 3. The van der Waals surface area contributed by atoms with Crippen LogP contribution in [0.3, 0.4) is 0 Å². The van der Waals surface area contributed by atoms with E-state index in [9.17, 15) is 4.79 Å². The Hall–Kier alpha value is -1.17. The molecule has 1 fully saturated rings. The second kappa shape index (κ2) is 6.32. The summed E-state index contributed by atoms with van der Waals surface area (Å²) >= 11 is 10.9. The molecule has 1 aromatic carbocycles. The third-order valence-corrected chi connectivity index (χ3v) is 3.60. The third kappa shape index (κ3) is 3.65.